The van der Waals surface area contributed by atoms with E-state index in [0.717, 1.165) is 23.3 Å². The van der Waals surface area contributed by atoms with Crippen molar-refractivity contribution >= 4 is 21.4 Å². The number of thiophene rings is 1. The Bertz CT molecular complexity index is 459. The van der Waals surface area contributed by atoms with Crippen molar-refractivity contribution in [2.24, 2.45) is 0 Å². The van der Waals surface area contributed by atoms with Crippen LogP contribution in [0.2, 0.25) is 0 Å². The van der Waals surface area contributed by atoms with Crippen LogP contribution < -0.4 is 5.32 Å². The SMILES string of the molecule is CNCc1ccc(S(=O)(=O)N(C)CC(F)F)s1. The van der Waals surface area contributed by atoms with Crippen LogP contribution in [-0.2, 0) is 16.6 Å². The Morgan fingerprint density at radius 1 is 1.47 bits per heavy atom. The van der Waals surface area contributed by atoms with Gasteiger partial charge in [-0.15, -0.1) is 11.3 Å². The molecule has 0 bridgehead atoms. The van der Waals surface area contributed by atoms with Gasteiger partial charge < -0.3 is 5.32 Å². The van der Waals surface area contributed by atoms with Gasteiger partial charge in [-0.25, -0.2) is 17.2 Å². The van der Waals surface area contributed by atoms with Crippen LogP contribution in [0.5, 0.6) is 0 Å². The number of rotatable bonds is 6. The average molecular weight is 284 g/mol. The minimum absolute atomic E-state index is 0.0888. The molecule has 0 saturated carbocycles. The molecule has 0 amide bonds. The van der Waals surface area contributed by atoms with E-state index in [-0.39, 0.29) is 4.21 Å². The smallest absolute Gasteiger partial charge is 0.252 e. The zero-order valence-corrected chi connectivity index (χ0v) is 11.1. The third kappa shape index (κ3) is 3.70. The normalized spacial score (nSPS) is 12.6. The molecule has 0 atom stereocenters. The van der Waals surface area contributed by atoms with Crippen LogP contribution in [0, 0.1) is 0 Å². The summed E-state index contributed by atoms with van der Waals surface area (Å²) in [5.41, 5.74) is 0. The minimum atomic E-state index is -3.79. The molecule has 1 N–H and O–H groups in total. The molecular weight excluding hydrogens is 270 g/mol. The predicted octanol–water partition coefficient (Wildman–Crippen LogP) is 1.35. The number of hydrogen-bond acceptors (Lipinski definition) is 4. The molecule has 98 valence electrons. The summed E-state index contributed by atoms with van der Waals surface area (Å²) in [6.45, 7) is -0.236. The van der Waals surface area contributed by atoms with Crippen molar-refractivity contribution in [1.29, 1.82) is 0 Å². The fraction of sp³-hybridized carbons (Fsp3) is 0.556. The molecule has 0 spiro atoms. The van der Waals surface area contributed by atoms with Crippen LogP contribution in [0.1, 0.15) is 4.88 Å². The highest BCUT2D eigenvalue weighted by Crippen LogP contribution is 2.24. The highest BCUT2D eigenvalue weighted by atomic mass is 32.2. The van der Waals surface area contributed by atoms with Gasteiger partial charge in [-0.3, -0.25) is 0 Å². The summed E-state index contributed by atoms with van der Waals surface area (Å²) >= 11 is 1.08. The van der Waals surface area contributed by atoms with Crippen molar-refractivity contribution in [3.8, 4) is 0 Å². The topological polar surface area (TPSA) is 49.4 Å². The molecule has 17 heavy (non-hydrogen) atoms. The number of nitrogens with zero attached hydrogens (tertiary/aromatic N) is 1. The van der Waals surface area contributed by atoms with Crippen molar-refractivity contribution in [1.82, 2.24) is 9.62 Å². The first-order valence-corrected chi connectivity index (χ1v) is 7.11. The summed E-state index contributed by atoms with van der Waals surface area (Å²) in [5.74, 6) is 0. The number of alkyl halides is 2. The monoisotopic (exact) mass is 284 g/mol. The van der Waals surface area contributed by atoms with E-state index in [1.54, 1.807) is 13.1 Å². The van der Waals surface area contributed by atoms with E-state index in [1.165, 1.54) is 6.07 Å². The number of nitrogens with one attached hydrogen (secondary N) is 1. The van der Waals surface area contributed by atoms with Crippen molar-refractivity contribution in [3.63, 3.8) is 0 Å². The summed E-state index contributed by atoms with van der Waals surface area (Å²) < 4.78 is 48.8. The van der Waals surface area contributed by atoms with Gasteiger partial charge in [0.25, 0.3) is 16.4 Å². The van der Waals surface area contributed by atoms with Gasteiger partial charge >= 0.3 is 0 Å². The first kappa shape index (κ1) is 14.5. The zero-order valence-electron chi connectivity index (χ0n) is 9.48. The summed E-state index contributed by atoms with van der Waals surface area (Å²) in [7, 11) is -0.889. The largest absolute Gasteiger partial charge is 0.315 e. The Morgan fingerprint density at radius 2 is 2.12 bits per heavy atom. The van der Waals surface area contributed by atoms with E-state index < -0.39 is 23.0 Å². The number of hydrogen-bond donors (Lipinski definition) is 1. The maximum absolute atomic E-state index is 12.1. The predicted molar refractivity (Wildman–Crippen MR) is 62.9 cm³/mol. The lowest BCUT2D eigenvalue weighted by atomic mass is 10.5. The van der Waals surface area contributed by atoms with Crippen LogP contribution in [-0.4, -0.2) is 39.8 Å². The van der Waals surface area contributed by atoms with E-state index in [9.17, 15) is 17.2 Å². The van der Waals surface area contributed by atoms with E-state index in [4.69, 9.17) is 0 Å². The molecule has 1 aromatic heterocycles. The van der Waals surface area contributed by atoms with Gasteiger partial charge in [-0.1, -0.05) is 0 Å². The van der Waals surface area contributed by atoms with Crippen molar-refractivity contribution in [2.75, 3.05) is 20.6 Å². The van der Waals surface area contributed by atoms with E-state index in [2.05, 4.69) is 5.32 Å². The molecule has 0 aliphatic rings. The molecular formula is C9H14F2N2O2S2. The molecule has 1 rings (SSSR count). The Kier molecular flexibility index (Phi) is 4.99. The van der Waals surface area contributed by atoms with Crippen LogP contribution in [0.3, 0.4) is 0 Å². The van der Waals surface area contributed by atoms with Gasteiger partial charge in [0.2, 0.25) is 0 Å². The van der Waals surface area contributed by atoms with Crippen LogP contribution >= 0.6 is 11.3 Å². The second-order valence-electron chi connectivity index (χ2n) is 3.43. The van der Waals surface area contributed by atoms with Gasteiger partial charge in [-0.05, 0) is 19.2 Å². The number of sulfonamides is 1. The zero-order chi connectivity index (χ0) is 13.1. The summed E-state index contributed by atoms with van der Waals surface area (Å²) in [6.07, 6.45) is -2.67. The fourth-order valence-electron chi connectivity index (χ4n) is 1.21. The molecule has 0 aliphatic heterocycles. The second-order valence-corrected chi connectivity index (χ2v) is 6.87. The lowest BCUT2D eigenvalue weighted by molar-refractivity contribution is 0.126. The highest BCUT2D eigenvalue weighted by molar-refractivity contribution is 7.91. The molecule has 1 heterocycles. The Labute approximate surface area is 103 Å². The van der Waals surface area contributed by atoms with E-state index in [1.807, 2.05) is 0 Å². The summed E-state index contributed by atoms with van der Waals surface area (Å²) in [5, 5.41) is 2.89. The molecule has 0 unspecified atom stereocenters. The lowest BCUT2D eigenvalue weighted by Crippen LogP contribution is -2.30. The molecule has 4 nitrogen and oxygen atoms in total. The standard InChI is InChI=1S/C9H14F2N2O2S2/c1-12-5-7-3-4-9(16-7)17(14,15)13(2)6-8(10)11/h3-4,8,12H,5-6H2,1-2H3. The number of halogens is 2. The first-order valence-electron chi connectivity index (χ1n) is 4.85. The van der Waals surface area contributed by atoms with Crippen molar-refractivity contribution in [3.05, 3.63) is 17.0 Å². The maximum Gasteiger partial charge on any atom is 0.252 e. The second kappa shape index (κ2) is 5.85. The Morgan fingerprint density at radius 3 is 2.65 bits per heavy atom. The first-order chi connectivity index (χ1) is 7.87. The van der Waals surface area contributed by atoms with Crippen LogP contribution in [0.15, 0.2) is 16.3 Å². The summed E-state index contributed by atoms with van der Waals surface area (Å²) in [6, 6.07) is 3.11. The molecule has 0 fully saturated rings. The molecule has 0 saturated heterocycles. The highest BCUT2D eigenvalue weighted by Gasteiger charge is 2.25. The third-order valence-electron chi connectivity index (χ3n) is 2.05. The molecule has 1 aromatic rings. The summed E-state index contributed by atoms with van der Waals surface area (Å²) in [4.78, 5) is 0.844. The Hall–Kier alpha value is -0.570. The van der Waals surface area contributed by atoms with Crippen molar-refractivity contribution in [2.45, 2.75) is 17.2 Å². The average Bonchev–Trinajstić information content (AvgIpc) is 2.66. The molecule has 8 heteroatoms. The van der Waals surface area contributed by atoms with Crippen LogP contribution in [0.4, 0.5) is 8.78 Å². The van der Waals surface area contributed by atoms with Gasteiger partial charge in [-0.2, -0.15) is 4.31 Å². The quantitative estimate of drug-likeness (QED) is 0.858. The molecule has 0 aromatic carbocycles. The van der Waals surface area contributed by atoms with Gasteiger partial charge in [0, 0.05) is 18.5 Å². The van der Waals surface area contributed by atoms with Crippen LogP contribution in [0.25, 0.3) is 0 Å². The fourth-order valence-corrected chi connectivity index (χ4v) is 3.94. The van der Waals surface area contributed by atoms with E-state index >= 15 is 0 Å². The van der Waals surface area contributed by atoms with Gasteiger partial charge in [0.15, 0.2) is 0 Å². The maximum atomic E-state index is 12.1. The third-order valence-corrected chi connectivity index (χ3v) is 5.42. The molecule has 0 radical (unpaired) electrons. The molecule has 0 aliphatic carbocycles. The lowest BCUT2D eigenvalue weighted by Gasteiger charge is -2.14. The van der Waals surface area contributed by atoms with E-state index in [0.29, 0.717) is 10.8 Å². The van der Waals surface area contributed by atoms with Crippen molar-refractivity contribution < 1.29 is 17.2 Å². The minimum Gasteiger partial charge on any atom is -0.315 e. The Balaban J connectivity index is 2.88. The van der Waals surface area contributed by atoms with Gasteiger partial charge in [0.05, 0.1) is 6.54 Å². The van der Waals surface area contributed by atoms with Gasteiger partial charge in [0.1, 0.15) is 4.21 Å².